The van der Waals surface area contributed by atoms with E-state index in [4.69, 9.17) is 5.11 Å². The molecular formula is C13H18N2O5. The SMILES string of the molecule is CC1CCN(C(=O)CCN2C(=O)CCC2=O)C1C(=O)O. The van der Waals surface area contributed by atoms with Gasteiger partial charge in [0, 0.05) is 32.4 Å². The van der Waals surface area contributed by atoms with Crippen LogP contribution in [0.1, 0.15) is 32.6 Å². The van der Waals surface area contributed by atoms with Gasteiger partial charge in [-0.15, -0.1) is 0 Å². The van der Waals surface area contributed by atoms with Crippen molar-refractivity contribution >= 4 is 23.7 Å². The highest BCUT2D eigenvalue weighted by atomic mass is 16.4. The third-order valence-corrected chi connectivity index (χ3v) is 3.98. The van der Waals surface area contributed by atoms with Gasteiger partial charge in [0.15, 0.2) is 0 Å². The van der Waals surface area contributed by atoms with E-state index < -0.39 is 12.0 Å². The molecule has 0 aromatic rings. The summed E-state index contributed by atoms with van der Waals surface area (Å²) in [5.41, 5.74) is 0. The Kier molecular flexibility index (Phi) is 4.06. The van der Waals surface area contributed by atoms with Crippen molar-refractivity contribution in [2.24, 2.45) is 5.92 Å². The fourth-order valence-corrected chi connectivity index (χ4v) is 2.83. The minimum atomic E-state index is -1.00. The molecule has 0 aliphatic carbocycles. The Morgan fingerprint density at radius 2 is 1.85 bits per heavy atom. The largest absolute Gasteiger partial charge is 0.480 e. The highest BCUT2D eigenvalue weighted by Gasteiger charge is 2.39. The van der Waals surface area contributed by atoms with Crippen molar-refractivity contribution in [2.75, 3.05) is 13.1 Å². The van der Waals surface area contributed by atoms with Gasteiger partial charge in [-0.1, -0.05) is 6.92 Å². The summed E-state index contributed by atoms with van der Waals surface area (Å²) in [6.45, 7) is 2.27. The Labute approximate surface area is 116 Å². The lowest BCUT2D eigenvalue weighted by atomic mass is 10.0. The Morgan fingerprint density at radius 1 is 1.25 bits per heavy atom. The maximum Gasteiger partial charge on any atom is 0.326 e. The molecule has 2 rings (SSSR count). The van der Waals surface area contributed by atoms with E-state index in [9.17, 15) is 19.2 Å². The van der Waals surface area contributed by atoms with Crippen LogP contribution < -0.4 is 0 Å². The molecule has 0 aromatic carbocycles. The standard InChI is InChI=1S/C13H18N2O5/c1-8-4-6-15(12(8)13(19)20)11(18)5-7-14-9(16)2-3-10(14)17/h8,12H,2-7H2,1H3,(H,19,20). The van der Waals surface area contributed by atoms with Crippen LogP contribution in [-0.2, 0) is 19.2 Å². The van der Waals surface area contributed by atoms with Crippen LogP contribution in [0, 0.1) is 5.92 Å². The van der Waals surface area contributed by atoms with Crippen molar-refractivity contribution in [1.29, 1.82) is 0 Å². The van der Waals surface area contributed by atoms with E-state index in [0.717, 1.165) is 4.90 Å². The molecule has 2 saturated heterocycles. The molecule has 2 fully saturated rings. The first-order chi connectivity index (χ1) is 9.41. The lowest BCUT2D eigenvalue weighted by molar-refractivity contribution is -0.150. The van der Waals surface area contributed by atoms with Crippen molar-refractivity contribution in [3.8, 4) is 0 Å². The first-order valence-corrected chi connectivity index (χ1v) is 6.77. The van der Waals surface area contributed by atoms with Gasteiger partial charge in [-0.3, -0.25) is 19.3 Å². The minimum Gasteiger partial charge on any atom is -0.480 e. The van der Waals surface area contributed by atoms with E-state index in [1.807, 2.05) is 0 Å². The molecule has 0 spiro atoms. The van der Waals surface area contributed by atoms with Gasteiger partial charge in [0.1, 0.15) is 6.04 Å². The molecule has 2 heterocycles. The number of rotatable bonds is 4. The number of imide groups is 1. The summed E-state index contributed by atoms with van der Waals surface area (Å²) in [7, 11) is 0. The Bertz CT molecular complexity index is 446. The van der Waals surface area contributed by atoms with E-state index in [2.05, 4.69) is 0 Å². The summed E-state index contributed by atoms with van der Waals surface area (Å²) in [4.78, 5) is 48.6. The summed E-state index contributed by atoms with van der Waals surface area (Å²) in [6.07, 6.45) is 1.05. The lowest BCUT2D eigenvalue weighted by Crippen LogP contribution is -2.44. The molecule has 2 atom stereocenters. The summed E-state index contributed by atoms with van der Waals surface area (Å²) >= 11 is 0. The van der Waals surface area contributed by atoms with Gasteiger partial charge in [-0.2, -0.15) is 0 Å². The average Bonchev–Trinajstić information content (AvgIpc) is 2.91. The predicted molar refractivity (Wildman–Crippen MR) is 67.5 cm³/mol. The van der Waals surface area contributed by atoms with Gasteiger partial charge in [0.25, 0.3) is 0 Å². The number of carbonyl (C=O) groups is 4. The molecule has 20 heavy (non-hydrogen) atoms. The van der Waals surface area contributed by atoms with Gasteiger partial charge < -0.3 is 10.0 Å². The fraction of sp³-hybridized carbons (Fsp3) is 0.692. The van der Waals surface area contributed by atoms with Gasteiger partial charge >= 0.3 is 5.97 Å². The molecule has 2 aliphatic rings. The Hall–Kier alpha value is -1.92. The molecule has 0 bridgehead atoms. The zero-order chi connectivity index (χ0) is 14.9. The fourth-order valence-electron chi connectivity index (χ4n) is 2.83. The first kappa shape index (κ1) is 14.5. The van der Waals surface area contributed by atoms with Crippen LogP contribution in [0.4, 0.5) is 0 Å². The van der Waals surface area contributed by atoms with Crippen molar-refractivity contribution in [3.63, 3.8) is 0 Å². The smallest absolute Gasteiger partial charge is 0.326 e. The highest BCUT2D eigenvalue weighted by molar-refractivity contribution is 6.02. The third kappa shape index (κ3) is 2.66. The van der Waals surface area contributed by atoms with Crippen molar-refractivity contribution < 1.29 is 24.3 Å². The lowest BCUT2D eigenvalue weighted by Gasteiger charge is -2.24. The normalized spacial score (nSPS) is 26.4. The summed E-state index contributed by atoms with van der Waals surface area (Å²) < 4.78 is 0. The number of carboxylic acid groups (broad SMARTS) is 1. The maximum absolute atomic E-state index is 12.1. The number of likely N-dealkylation sites (tertiary alicyclic amines) is 2. The number of nitrogens with zero attached hydrogens (tertiary/aromatic N) is 2. The Balaban J connectivity index is 1.93. The van der Waals surface area contributed by atoms with Crippen molar-refractivity contribution in [3.05, 3.63) is 0 Å². The monoisotopic (exact) mass is 282 g/mol. The van der Waals surface area contributed by atoms with Gasteiger partial charge in [0.2, 0.25) is 17.7 Å². The quantitative estimate of drug-likeness (QED) is 0.723. The van der Waals surface area contributed by atoms with Crippen LogP contribution >= 0.6 is 0 Å². The molecule has 0 saturated carbocycles. The molecule has 0 aromatic heterocycles. The molecule has 7 heteroatoms. The van der Waals surface area contributed by atoms with E-state index in [0.29, 0.717) is 13.0 Å². The van der Waals surface area contributed by atoms with Crippen LogP contribution in [0.5, 0.6) is 0 Å². The zero-order valence-electron chi connectivity index (χ0n) is 11.4. The summed E-state index contributed by atoms with van der Waals surface area (Å²) in [5.74, 6) is -1.91. The molecule has 2 unspecified atom stereocenters. The van der Waals surface area contributed by atoms with Gasteiger partial charge in [-0.25, -0.2) is 4.79 Å². The number of aliphatic carboxylic acids is 1. The molecule has 110 valence electrons. The second-order valence-electron chi connectivity index (χ2n) is 5.33. The van der Waals surface area contributed by atoms with Crippen LogP contribution in [0.15, 0.2) is 0 Å². The summed E-state index contributed by atoms with van der Waals surface area (Å²) in [5, 5.41) is 9.15. The Morgan fingerprint density at radius 3 is 2.40 bits per heavy atom. The van der Waals surface area contributed by atoms with Crippen LogP contribution in [0.25, 0.3) is 0 Å². The van der Waals surface area contributed by atoms with E-state index in [1.165, 1.54) is 4.90 Å². The zero-order valence-corrected chi connectivity index (χ0v) is 11.4. The van der Waals surface area contributed by atoms with Crippen LogP contribution in [0.3, 0.4) is 0 Å². The van der Waals surface area contributed by atoms with Crippen molar-refractivity contribution in [1.82, 2.24) is 9.80 Å². The second kappa shape index (κ2) is 5.60. The third-order valence-electron chi connectivity index (χ3n) is 3.98. The van der Waals surface area contributed by atoms with Crippen molar-refractivity contribution in [2.45, 2.75) is 38.6 Å². The van der Waals surface area contributed by atoms with Gasteiger partial charge in [-0.05, 0) is 12.3 Å². The summed E-state index contributed by atoms with van der Waals surface area (Å²) in [6, 6.07) is -0.799. The molecular weight excluding hydrogens is 264 g/mol. The van der Waals surface area contributed by atoms with E-state index in [-0.39, 0.29) is 49.4 Å². The van der Waals surface area contributed by atoms with Crippen LogP contribution in [-0.4, -0.2) is 57.7 Å². The van der Waals surface area contributed by atoms with E-state index >= 15 is 0 Å². The topological polar surface area (TPSA) is 95.0 Å². The molecule has 3 amide bonds. The van der Waals surface area contributed by atoms with Gasteiger partial charge in [0.05, 0.1) is 0 Å². The molecule has 0 radical (unpaired) electrons. The number of hydrogen-bond donors (Lipinski definition) is 1. The molecule has 7 nitrogen and oxygen atoms in total. The average molecular weight is 282 g/mol. The highest BCUT2D eigenvalue weighted by Crippen LogP contribution is 2.25. The van der Waals surface area contributed by atoms with Crippen LogP contribution in [0.2, 0.25) is 0 Å². The predicted octanol–water partition coefficient (Wildman–Crippen LogP) is -0.153. The maximum atomic E-state index is 12.1. The number of hydrogen-bond acceptors (Lipinski definition) is 4. The second-order valence-corrected chi connectivity index (χ2v) is 5.33. The van der Waals surface area contributed by atoms with E-state index in [1.54, 1.807) is 6.92 Å². The molecule has 1 N–H and O–H groups in total. The molecule has 2 aliphatic heterocycles. The number of carbonyl (C=O) groups excluding carboxylic acids is 3. The minimum absolute atomic E-state index is 0.00597. The number of amides is 3. The number of carboxylic acids is 1. The first-order valence-electron chi connectivity index (χ1n) is 6.77.